The Kier molecular flexibility index (Phi) is 9.87. The van der Waals surface area contributed by atoms with Gasteiger partial charge in [-0.2, -0.15) is 0 Å². The first-order valence-electron chi connectivity index (χ1n) is 12.7. The second kappa shape index (κ2) is 13.1. The van der Waals surface area contributed by atoms with E-state index < -0.39 is 22.7 Å². The quantitative estimate of drug-likeness (QED) is 0.0921. The summed E-state index contributed by atoms with van der Waals surface area (Å²) in [4.78, 5) is 12.8. The van der Waals surface area contributed by atoms with Gasteiger partial charge in [-0.1, -0.05) is 57.8 Å². The van der Waals surface area contributed by atoms with Crippen molar-refractivity contribution in [2.45, 2.75) is 77.0 Å². The van der Waals surface area contributed by atoms with Crippen molar-refractivity contribution in [3.63, 3.8) is 0 Å². The lowest BCUT2D eigenvalue weighted by Gasteiger charge is -2.12. The van der Waals surface area contributed by atoms with E-state index in [0.29, 0.717) is 12.0 Å². The van der Waals surface area contributed by atoms with Crippen LogP contribution in [0.5, 0.6) is 28.7 Å². The lowest BCUT2D eigenvalue weighted by Crippen LogP contribution is -2.03. The molecule has 0 bridgehead atoms. The van der Waals surface area contributed by atoms with E-state index in [4.69, 9.17) is 9.52 Å². The van der Waals surface area contributed by atoms with Crippen molar-refractivity contribution in [1.82, 2.24) is 0 Å². The number of phenols is 5. The highest BCUT2D eigenvalue weighted by Crippen LogP contribution is 2.40. The molecule has 0 aliphatic carbocycles. The minimum atomic E-state index is -0.562. The predicted molar refractivity (Wildman–Crippen MR) is 138 cm³/mol. The van der Waals surface area contributed by atoms with E-state index in [0.717, 1.165) is 56.7 Å². The van der Waals surface area contributed by atoms with Crippen molar-refractivity contribution in [1.29, 1.82) is 0 Å². The molecule has 0 fully saturated rings. The van der Waals surface area contributed by atoms with Crippen LogP contribution in [-0.4, -0.2) is 37.2 Å². The van der Waals surface area contributed by atoms with E-state index in [1.165, 1.54) is 38.2 Å². The fourth-order valence-corrected chi connectivity index (χ4v) is 4.48. The molecule has 8 heteroatoms. The number of benzene rings is 2. The third-order valence-electron chi connectivity index (χ3n) is 6.52. The van der Waals surface area contributed by atoms with Gasteiger partial charge in [0.25, 0.3) is 0 Å². The van der Waals surface area contributed by atoms with Gasteiger partial charge in [-0.3, -0.25) is 4.79 Å². The summed E-state index contributed by atoms with van der Waals surface area (Å²) in [5.41, 5.74) is -0.336. The number of fused-ring (bicyclic) bond motifs is 1. The summed E-state index contributed by atoms with van der Waals surface area (Å²) < 4.78 is 5.65. The minimum absolute atomic E-state index is 0.0194. The molecule has 0 radical (unpaired) electrons. The Bertz CT molecular complexity index is 1210. The number of rotatable bonds is 14. The first-order chi connectivity index (χ1) is 17.3. The van der Waals surface area contributed by atoms with Gasteiger partial charge in [0.1, 0.15) is 34.0 Å². The zero-order valence-electron chi connectivity index (χ0n) is 20.5. The van der Waals surface area contributed by atoms with Gasteiger partial charge in [0, 0.05) is 30.4 Å². The highest BCUT2D eigenvalue weighted by atomic mass is 16.3. The van der Waals surface area contributed by atoms with E-state index in [1.807, 2.05) is 0 Å². The highest BCUT2D eigenvalue weighted by molar-refractivity contribution is 5.88. The molecule has 0 amide bonds. The molecule has 0 spiro atoms. The Morgan fingerprint density at radius 2 is 1.17 bits per heavy atom. The number of unbranched alkanes of at least 4 members (excludes halogenated alkanes) is 10. The summed E-state index contributed by atoms with van der Waals surface area (Å²) in [6, 6.07) is 4.34. The second-order valence-corrected chi connectivity index (χ2v) is 9.29. The fourth-order valence-electron chi connectivity index (χ4n) is 4.48. The van der Waals surface area contributed by atoms with Crippen molar-refractivity contribution in [2.24, 2.45) is 0 Å². The van der Waals surface area contributed by atoms with E-state index in [1.54, 1.807) is 0 Å². The van der Waals surface area contributed by atoms with Crippen LogP contribution in [0.1, 0.15) is 76.2 Å². The first-order valence-corrected chi connectivity index (χ1v) is 12.7. The fraction of sp³-hybridized carbons (Fsp3) is 0.464. The van der Waals surface area contributed by atoms with Gasteiger partial charge >= 0.3 is 0 Å². The third kappa shape index (κ3) is 6.85. The summed E-state index contributed by atoms with van der Waals surface area (Å²) in [6.45, 7) is 0.279. The standard InChI is InChI=1S/C28H36O8/c29-13-11-9-7-5-3-1-2-4-6-8-10-12-18-21(31)16-26-27(28(18)35)24(34)17-25(36-26)19-14-22(32)23(33)15-20(19)30/h14-17,29-33,35H,1-13H2. The maximum atomic E-state index is 12.8. The summed E-state index contributed by atoms with van der Waals surface area (Å²) in [5.74, 6) is -2.01. The van der Waals surface area contributed by atoms with Crippen LogP contribution in [0.15, 0.2) is 33.5 Å². The summed E-state index contributed by atoms with van der Waals surface area (Å²) in [7, 11) is 0. The van der Waals surface area contributed by atoms with Crippen LogP contribution in [0, 0.1) is 0 Å². The van der Waals surface area contributed by atoms with Crippen molar-refractivity contribution >= 4 is 11.0 Å². The molecule has 6 N–H and O–H groups in total. The van der Waals surface area contributed by atoms with Gasteiger partial charge < -0.3 is 35.1 Å². The smallest absolute Gasteiger partial charge is 0.197 e. The SMILES string of the molecule is O=c1cc(-c2cc(O)c(O)cc2O)oc2cc(O)c(CCCCCCCCCCCCCO)c(O)c12. The molecule has 2 aromatic carbocycles. The molecule has 0 atom stereocenters. The van der Waals surface area contributed by atoms with Gasteiger partial charge in [0.2, 0.25) is 0 Å². The highest BCUT2D eigenvalue weighted by Gasteiger charge is 2.19. The summed E-state index contributed by atoms with van der Waals surface area (Å²) >= 11 is 0. The maximum absolute atomic E-state index is 12.8. The van der Waals surface area contributed by atoms with Gasteiger partial charge in [0.15, 0.2) is 16.9 Å². The maximum Gasteiger partial charge on any atom is 0.197 e. The summed E-state index contributed by atoms with van der Waals surface area (Å²) in [6.07, 6.45) is 12.3. The number of aliphatic hydroxyl groups is 1. The second-order valence-electron chi connectivity index (χ2n) is 9.29. The Labute approximate surface area is 210 Å². The van der Waals surface area contributed by atoms with Gasteiger partial charge in [-0.25, -0.2) is 0 Å². The largest absolute Gasteiger partial charge is 0.507 e. The normalized spacial score (nSPS) is 11.4. The Hall–Kier alpha value is -3.39. The van der Waals surface area contributed by atoms with Crippen LogP contribution in [0.25, 0.3) is 22.3 Å². The molecule has 3 aromatic rings. The average molecular weight is 501 g/mol. The molecule has 0 saturated carbocycles. The molecule has 8 nitrogen and oxygen atoms in total. The molecule has 36 heavy (non-hydrogen) atoms. The van der Waals surface area contributed by atoms with Crippen molar-refractivity contribution < 1.29 is 35.1 Å². The molecule has 0 unspecified atom stereocenters. The molecule has 3 rings (SSSR count). The van der Waals surface area contributed by atoms with Crippen LogP contribution in [-0.2, 0) is 6.42 Å². The molecule has 0 aliphatic rings. The monoisotopic (exact) mass is 500 g/mol. The molecule has 0 saturated heterocycles. The zero-order valence-corrected chi connectivity index (χ0v) is 20.5. The van der Waals surface area contributed by atoms with E-state index in [2.05, 4.69) is 0 Å². The number of hydrogen-bond acceptors (Lipinski definition) is 8. The number of aliphatic hydroxyl groups excluding tert-OH is 1. The van der Waals surface area contributed by atoms with E-state index in [9.17, 15) is 30.3 Å². The van der Waals surface area contributed by atoms with Crippen molar-refractivity contribution in [3.05, 3.63) is 40.1 Å². The molecule has 1 heterocycles. The first kappa shape index (κ1) is 27.2. The van der Waals surface area contributed by atoms with E-state index >= 15 is 0 Å². The third-order valence-corrected chi connectivity index (χ3v) is 6.52. The average Bonchev–Trinajstić information content (AvgIpc) is 2.83. The van der Waals surface area contributed by atoms with Gasteiger partial charge in [-0.15, -0.1) is 0 Å². The van der Waals surface area contributed by atoms with Crippen LogP contribution in [0.2, 0.25) is 0 Å². The summed E-state index contributed by atoms with van der Waals surface area (Å²) in [5, 5.41) is 59.3. The van der Waals surface area contributed by atoms with Crippen LogP contribution in [0.4, 0.5) is 0 Å². The van der Waals surface area contributed by atoms with Gasteiger partial charge in [-0.05, 0) is 25.3 Å². The Balaban J connectivity index is 1.58. The Morgan fingerprint density at radius 1 is 0.611 bits per heavy atom. The molecule has 1 aromatic heterocycles. The lowest BCUT2D eigenvalue weighted by molar-refractivity contribution is 0.282. The topological polar surface area (TPSA) is 152 Å². The van der Waals surface area contributed by atoms with E-state index in [-0.39, 0.29) is 40.4 Å². The number of phenolic OH excluding ortho intramolecular Hbond substituents is 5. The minimum Gasteiger partial charge on any atom is -0.507 e. The zero-order chi connectivity index (χ0) is 26.1. The van der Waals surface area contributed by atoms with Crippen LogP contribution >= 0.6 is 0 Å². The van der Waals surface area contributed by atoms with Crippen molar-refractivity contribution in [2.75, 3.05) is 6.61 Å². The molecular formula is C28H36O8. The van der Waals surface area contributed by atoms with Crippen LogP contribution in [0.3, 0.4) is 0 Å². The Morgan fingerprint density at radius 3 is 1.78 bits per heavy atom. The molecule has 196 valence electrons. The molecule has 0 aliphatic heterocycles. The van der Waals surface area contributed by atoms with Crippen LogP contribution < -0.4 is 5.43 Å². The van der Waals surface area contributed by atoms with Gasteiger partial charge in [0.05, 0.1) is 5.56 Å². The lowest BCUT2D eigenvalue weighted by atomic mass is 10.00. The van der Waals surface area contributed by atoms with Crippen molar-refractivity contribution in [3.8, 4) is 40.1 Å². The number of aromatic hydroxyl groups is 5. The number of hydrogen-bond donors (Lipinski definition) is 6. The predicted octanol–water partition coefficient (Wildman–Crippen LogP) is 5.81. The molecular weight excluding hydrogens is 464 g/mol.